The lowest BCUT2D eigenvalue weighted by atomic mass is 9.82. The number of methoxy groups -OCH3 is 1. The maximum absolute atomic E-state index is 13.4. The molecule has 0 bridgehead atoms. The summed E-state index contributed by atoms with van der Waals surface area (Å²) in [5, 5.41) is 3.41. The smallest absolute Gasteiger partial charge is 0.456 e. The van der Waals surface area contributed by atoms with Crippen molar-refractivity contribution in [1.82, 2.24) is 14.8 Å². The van der Waals surface area contributed by atoms with Crippen LogP contribution < -0.4 is 10.1 Å². The summed E-state index contributed by atoms with van der Waals surface area (Å²) in [6.07, 6.45) is -9.07. The van der Waals surface area contributed by atoms with Crippen molar-refractivity contribution >= 4 is 11.7 Å². The fraction of sp³-hybridized carbons (Fsp3) is 0.478. The Morgan fingerprint density at radius 3 is 2.29 bits per heavy atom. The number of nitrogens with one attached hydrogen (secondary N) is 1. The van der Waals surface area contributed by atoms with E-state index in [2.05, 4.69) is 5.32 Å². The van der Waals surface area contributed by atoms with E-state index >= 15 is 0 Å². The second-order valence-corrected chi connectivity index (χ2v) is 8.87. The number of fused-ring (bicyclic) bond motifs is 2. The molecule has 1 aromatic heterocycles. The number of ether oxygens (including phenoxy) is 1. The fourth-order valence-corrected chi connectivity index (χ4v) is 5.03. The van der Waals surface area contributed by atoms with Gasteiger partial charge in [0.05, 0.1) is 23.9 Å². The predicted octanol–water partition coefficient (Wildman–Crippen LogP) is 4.38. The van der Waals surface area contributed by atoms with Gasteiger partial charge in [-0.3, -0.25) is 9.59 Å². The zero-order valence-corrected chi connectivity index (χ0v) is 18.9. The van der Waals surface area contributed by atoms with Crippen LogP contribution in [0.15, 0.2) is 30.3 Å². The molecule has 0 saturated carbocycles. The van der Waals surface area contributed by atoms with Crippen molar-refractivity contribution in [2.45, 2.75) is 50.2 Å². The lowest BCUT2D eigenvalue weighted by Gasteiger charge is -2.47. The number of piperidine rings is 1. The minimum atomic E-state index is -5.00. The van der Waals surface area contributed by atoms with Gasteiger partial charge >= 0.3 is 12.4 Å². The number of rotatable bonds is 3. The summed E-state index contributed by atoms with van der Waals surface area (Å²) in [6.45, 7) is 2.30. The van der Waals surface area contributed by atoms with Crippen LogP contribution in [0.3, 0.4) is 0 Å². The Morgan fingerprint density at radius 1 is 1.06 bits per heavy atom. The van der Waals surface area contributed by atoms with E-state index in [0.717, 1.165) is 19.2 Å². The van der Waals surface area contributed by atoms with Crippen LogP contribution in [0.2, 0.25) is 0 Å². The first-order valence-electron chi connectivity index (χ1n) is 10.9. The minimum Gasteiger partial charge on any atom is -0.496 e. The molecule has 4 rings (SSSR count). The average molecular weight is 503 g/mol. The van der Waals surface area contributed by atoms with Crippen LogP contribution in [0, 0.1) is 0 Å². The lowest BCUT2D eigenvalue weighted by Crippen LogP contribution is -2.59. The van der Waals surface area contributed by atoms with E-state index in [1.807, 2.05) is 0 Å². The summed E-state index contributed by atoms with van der Waals surface area (Å²) in [6, 6.07) is 5.54. The Hall–Kier alpha value is -3.02. The predicted molar refractivity (Wildman–Crippen MR) is 112 cm³/mol. The maximum Gasteiger partial charge on any atom is 0.456 e. The van der Waals surface area contributed by atoms with Crippen molar-refractivity contribution in [2.24, 2.45) is 0 Å². The van der Waals surface area contributed by atoms with Crippen molar-refractivity contribution in [3.63, 3.8) is 0 Å². The number of hydrogen-bond acceptors (Lipinski definition) is 4. The maximum atomic E-state index is 13.4. The molecule has 190 valence electrons. The molecule has 0 aliphatic carbocycles. The number of nitrogens with zero attached hydrogens (tertiary/aromatic N) is 2. The van der Waals surface area contributed by atoms with E-state index in [1.54, 1.807) is 6.92 Å². The van der Waals surface area contributed by atoms with E-state index in [9.17, 15) is 35.9 Å². The summed E-state index contributed by atoms with van der Waals surface area (Å²) in [4.78, 5) is 26.3. The van der Waals surface area contributed by atoms with E-state index in [0.29, 0.717) is 18.5 Å². The first kappa shape index (κ1) is 25.1. The summed E-state index contributed by atoms with van der Waals surface area (Å²) in [5.41, 5.74) is -1.87. The van der Waals surface area contributed by atoms with Crippen LogP contribution in [0.5, 0.6) is 5.75 Å². The molecular formula is C23H23F6N3O3. The molecule has 1 amide bonds. The van der Waals surface area contributed by atoms with Gasteiger partial charge < -0.3 is 19.5 Å². The molecular weight excluding hydrogens is 480 g/mol. The minimum absolute atomic E-state index is 0.138. The number of carbonyl (C=O) groups is 2. The van der Waals surface area contributed by atoms with Crippen LogP contribution >= 0.6 is 0 Å². The highest BCUT2D eigenvalue weighted by atomic mass is 19.4. The molecule has 12 heteroatoms. The zero-order chi connectivity index (χ0) is 25.8. The molecule has 1 atom stereocenters. The molecule has 6 nitrogen and oxygen atoms in total. The molecule has 2 aliphatic rings. The average Bonchev–Trinajstić information content (AvgIpc) is 3.21. The van der Waals surface area contributed by atoms with Gasteiger partial charge in [0.1, 0.15) is 5.75 Å². The topological polar surface area (TPSA) is 63.6 Å². The van der Waals surface area contributed by atoms with Crippen molar-refractivity contribution < 1.29 is 40.7 Å². The van der Waals surface area contributed by atoms with Crippen molar-refractivity contribution in [1.29, 1.82) is 0 Å². The Kier molecular flexibility index (Phi) is 6.15. The van der Waals surface area contributed by atoms with Crippen molar-refractivity contribution in [2.75, 3.05) is 20.2 Å². The van der Waals surface area contributed by atoms with Crippen molar-refractivity contribution in [3.8, 4) is 5.75 Å². The van der Waals surface area contributed by atoms with E-state index in [4.69, 9.17) is 4.74 Å². The molecule has 0 radical (unpaired) electrons. The van der Waals surface area contributed by atoms with Crippen LogP contribution in [-0.4, -0.2) is 53.6 Å². The molecule has 35 heavy (non-hydrogen) atoms. The largest absolute Gasteiger partial charge is 0.496 e. The lowest BCUT2D eigenvalue weighted by molar-refractivity contribution is -0.138. The van der Waals surface area contributed by atoms with Gasteiger partial charge in [0.25, 0.3) is 11.7 Å². The number of Topliss-reactive ketones (excluding diaryl/α,β-unsaturated/α-hetero) is 1. The van der Waals surface area contributed by atoms with E-state index in [-0.39, 0.29) is 31.2 Å². The number of hydrogen-bond donors (Lipinski definition) is 1. The van der Waals surface area contributed by atoms with Gasteiger partial charge in [-0.2, -0.15) is 26.3 Å². The Labute approximate surface area is 196 Å². The van der Waals surface area contributed by atoms with Gasteiger partial charge in [0, 0.05) is 36.9 Å². The Bertz CT molecular complexity index is 1150. The van der Waals surface area contributed by atoms with Crippen molar-refractivity contribution in [3.05, 3.63) is 52.8 Å². The molecule has 1 saturated heterocycles. The van der Waals surface area contributed by atoms with Crippen LogP contribution in [0.25, 0.3) is 0 Å². The molecule has 1 spiro atoms. The summed E-state index contributed by atoms with van der Waals surface area (Å²) in [7, 11) is 1.11. The molecule has 1 N–H and O–H groups in total. The van der Waals surface area contributed by atoms with Gasteiger partial charge in [0.2, 0.25) is 0 Å². The number of halogens is 6. The normalized spacial score (nSPS) is 20.0. The number of alkyl halides is 6. The molecule has 0 unspecified atom stereocenters. The standard InChI is InChI=1S/C23H23F6N3O3/c1-13-12-32-16(19(33)23(27,28)29)4-6-18(32)21(30-13)7-9-31(10-8-21)20(34)14-3-5-17(35-2)15(11-14)22(24,25)26/h3-6,11,13,30H,7-10,12H2,1-2H3/t13-/m0/s1. The third kappa shape index (κ3) is 4.51. The summed E-state index contributed by atoms with van der Waals surface area (Å²) >= 11 is 0. The molecule has 1 fully saturated rings. The quantitative estimate of drug-likeness (QED) is 0.499. The SMILES string of the molecule is COc1ccc(C(=O)N2CCC3(CC2)N[C@@H](C)Cn2c(C(=O)C(F)(F)F)ccc23)cc1C(F)(F)F. The number of benzene rings is 1. The van der Waals surface area contributed by atoms with Crippen LogP contribution in [0.1, 0.15) is 51.9 Å². The third-order valence-corrected chi connectivity index (χ3v) is 6.60. The highest BCUT2D eigenvalue weighted by Crippen LogP contribution is 2.40. The first-order chi connectivity index (χ1) is 16.3. The second-order valence-electron chi connectivity index (χ2n) is 8.87. The molecule has 2 aliphatic heterocycles. The number of aromatic nitrogens is 1. The zero-order valence-electron chi connectivity index (χ0n) is 18.9. The Morgan fingerprint density at radius 2 is 1.71 bits per heavy atom. The highest BCUT2D eigenvalue weighted by Gasteiger charge is 2.47. The molecule has 3 heterocycles. The number of ketones is 1. The molecule has 1 aromatic carbocycles. The van der Waals surface area contributed by atoms with Gasteiger partial charge in [-0.1, -0.05) is 0 Å². The van der Waals surface area contributed by atoms with Gasteiger partial charge in [-0.25, -0.2) is 0 Å². The van der Waals surface area contributed by atoms with Gasteiger partial charge in [-0.05, 0) is 50.1 Å². The second kappa shape index (κ2) is 8.58. The van der Waals surface area contributed by atoms with Crippen LogP contribution in [-0.2, 0) is 18.3 Å². The van der Waals surface area contributed by atoms with E-state index < -0.39 is 46.6 Å². The first-order valence-corrected chi connectivity index (χ1v) is 10.9. The Balaban J connectivity index is 1.57. The third-order valence-electron chi connectivity index (χ3n) is 6.60. The van der Waals surface area contributed by atoms with E-state index in [1.165, 1.54) is 27.7 Å². The van der Waals surface area contributed by atoms with Gasteiger partial charge in [-0.15, -0.1) is 0 Å². The highest BCUT2D eigenvalue weighted by molar-refractivity contribution is 5.99. The van der Waals surface area contributed by atoms with Gasteiger partial charge in [0.15, 0.2) is 0 Å². The molecule has 2 aromatic rings. The summed E-state index contributed by atoms with van der Waals surface area (Å²) < 4.78 is 85.4. The van der Waals surface area contributed by atoms with Crippen LogP contribution in [0.4, 0.5) is 26.3 Å². The summed E-state index contributed by atoms with van der Waals surface area (Å²) in [5.74, 6) is -2.89. The fourth-order valence-electron chi connectivity index (χ4n) is 5.03. The number of likely N-dealkylation sites (tertiary alicyclic amines) is 1. The number of carbonyl (C=O) groups excluding carboxylic acids is 2. The number of amides is 1. The monoisotopic (exact) mass is 503 g/mol.